The minimum Gasteiger partial charge on any atom is -0.393 e. The van der Waals surface area contributed by atoms with Crippen LogP contribution in [0.5, 0.6) is 0 Å². The van der Waals surface area contributed by atoms with Crippen molar-refractivity contribution >= 4 is 0 Å². The number of allylic oxidation sites excluding steroid dienone is 1. The molecule has 176 valence electrons. The molecule has 0 aromatic heterocycles. The van der Waals surface area contributed by atoms with Crippen molar-refractivity contribution in [3.05, 3.63) is 11.6 Å². The fourth-order valence-corrected chi connectivity index (χ4v) is 9.72. The summed E-state index contributed by atoms with van der Waals surface area (Å²) in [6, 6.07) is 0. The highest BCUT2D eigenvalue weighted by Gasteiger charge is 2.60. The standard InChI is InChI=1S/C29H48O2/c1-18(2)29(20(4)31-29)16-11-19(3)24-9-10-25-23-8-7-21-17-22(30)12-14-27(21,5)26(23)13-15-28(24,25)6/h7,18-20,22-26,30H,8-17H2,1-6H3/t19-,20+,22+,23+,24-,25+,26+,27+,28-,29+/m1/s1. The molecule has 1 heterocycles. The fourth-order valence-electron chi connectivity index (χ4n) is 9.72. The molecule has 1 aliphatic heterocycles. The second-order valence-electron chi connectivity index (χ2n) is 13.3. The molecule has 1 N–H and O–H groups in total. The first kappa shape index (κ1) is 22.5. The van der Waals surface area contributed by atoms with Crippen LogP contribution >= 0.6 is 0 Å². The molecule has 31 heavy (non-hydrogen) atoms. The van der Waals surface area contributed by atoms with E-state index in [-0.39, 0.29) is 11.7 Å². The average Bonchev–Trinajstić information content (AvgIpc) is 3.25. The summed E-state index contributed by atoms with van der Waals surface area (Å²) in [5.74, 6) is 4.99. The molecule has 2 nitrogen and oxygen atoms in total. The second-order valence-corrected chi connectivity index (χ2v) is 13.3. The van der Waals surface area contributed by atoms with E-state index in [4.69, 9.17) is 4.74 Å². The number of hydrogen-bond donors (Lipinski definition) is 1. The molecule has 10 atom stereocenters. The highest BCUT2D eigenvalue weighted by atomic mass is 16.6. The van der Waals surface area contributed by atoms with E-state index >= 15 is 0 Å². The van der Waals surface area contributed by atoms with Gasteiger partial charge in [-0.3, -0.25) is 0 Å². The summed E-state index contributed by atoms with van der Waals surface area (Å²) in [7, 11) is 0. The average molecular weight is 429 g/mol. The van der Waals surface area contributed by atoms with Gasteiger partial charge in [-0.25, -0.2) is 0 Å². The van der Waals surface area contributed by atoms with Crippen LogP contribution in [0, 0.1) is 46.3 Å². The number of fused-ring (bicyclic) bond motifs is 5. The Kier molecular flexibility index (Phi) is 5.50. The van der Waals surface area contributed by atoms with Gasteiger partial charge in [-0.05, 0) is 117 Å². The van der Waals surface area contributed by atoms with Crippen LogP contribution in [-0.4, -0.2) is 22.9 Å². The van der Waals surface area contributed by atoms with Gasteiger partial charge < -0.3 is 9.84 Å². The Hall–Kier alpha value is -0.340. The Morgan fingerprint density at radius 2 is 1.81 bits per heavy atom. The van der Waals surface area contributed by atoms with Gasteiger partial charge in [-0.2, -0.15) is 0 Å². The number of ether oxygens (including phenoxy) is 1. The summed E-state index contributed by atoms with van der Waals surface area (Å²) >= 11 is 0. The lowest BCUT2D eigenvalue weighted by Gasteiger charge is -2.58. The van der Waals surface area contributed by atoms with E-state index in [0.29, 0.717) is 22.9 Å². The van der Waals surface area contributed by atoms with Gasteiger partial charge in [0.1, 0.15) is 0 Å². The molecule has 0 aromatic rings. The third kappa shape index (κ3) is 3.32. The SMILES string of the molecule is CC(C)[C@]1(CC[C@@H](C)[C@H]2CC[C@H]3[C@@H]4CC=C5C[C@@H](O)CC[C@]5(C)[C@H]4CC[C@]23C)O[C@H]1C. The molecule has 0 spiro atoms. The first-order valence-corrected chi connectivity index (χ1v) is 13.7. The first-order valence-electron chi connectivity index (χ1n) is 13.7. The molecule has 2 heteroatoms. The smallest absolute Gasteiger partial charge is 0.0968 e. The van der Waals surface area contributed by atoms with Crippen molar-refractivity contribution in [2.45, 2.75) is 124 Å². The lowest BCUT2D eigenvalue weighted by molar-refractivity contribution is -0.0576. The molecule has 3 saturated carbocycles. The Morgan fingerprint density at radius 3 is 2.48 bits per heavy atom. The predicted octanol–water partition coefficient (Wildman–Crippen LogP) is 7.16. The third-order valence-electron chi connectivity index (χ3n) is 11.8. The monoisotopic (exact) mass is 428 g/mol. The molecule has 5 aliphatic rings. The maximum Gasteiger partial charge on any atom is 0.0968 e. The maximum absolute atomic E-state index is 10.3. The molecule has 4 fully saturated rings. The maximum atomic E-state index is 10.3. The van der Waals surface area contributed by atoms with Crippen LogP contribution in [0.25, 0.3) is 0 Å². The van der Waals surface area contributed by atoms with Crippen molar-refractivity contribution in [3.63, 3.8) is 0 Å². The number of aliphatic hydroxyl groups is 1. The van der Waals surface area contributed by atoms with Crippen LogP contribution < -0.4 is 0 Å². The molecular formula is C29H48O2. The van der Waals surface area contributed by atoms with Crippen LogP contribution in [0.2, 0.25) is 0 Å². The topological polar surface area (TPSA) is 32.8 Å². The van der Waals surface area contributed by atoms with Gasteiger partial charge >= 0.3 is 0 Å². The molecule has 0 radical (unpaired) electrons. The molecule has 0 aromatic carbocycles. The summed E-state index contributed by atoms with van der Waals surface area (Å²) in [4.78, 5) is 0. The van der Waals surface area contributed by atoms with Crippen molar-refractivity contribution in [2.75, 3.05) is 0 Å². The van der Waals surface area contributed by atoms with Gasteiger partial charge in [0.05, 0.1) is 17.8 Å². The molecule has 0 amide bonds. The Bertz CT molecular complexity index is 726. The third-order valence-corrected chi connectivity index (χ3v) is 11.8. The van der Waals surface area contributed by atoms with Crippen LogP contribution in [0.1, 0.15) is 106 Å². The van der Waals surface area contributed by atoms with Crippen LogP contribution in [0.4, 0.5) is 0 Å². The summed E-state index contributed by atoms with van der Waals surface area (Å²) in [6.07, 6.45) is 15.7. The van der Waals surface area contributed by atoms with Gasteiger partial charge in [-0.1, -0.05) is 46.3 Å². The van der Waals surface area contributed by atoms with Gasteiger partial charge in [0.2, 0.25) is 0 Å². The van der Waals surface area contributed by atoms with Gasteiger partial charge in [-0.15, -0.1) is 0 Å². The van der Waals surface area contributed by atoms with Crippen LogP contribution in [0.15, 0.2) is 11.6 Å². The first-order chi connectivity index (χ1) is 14.6. The van der Waals surface area contributed by atoms with Crippen LogP contribution in [-0.2, 0) is 4.74 Å². The van der Waals surface area contributed by atoms with E-state index in [1.165, 1.54) is 51.4 Å². The zero-order valence-electron chi connectivity index (χ0n) is 21.1. The van der Waals surface area contributed by atoms with Crippen molar-refractivity contribution in [3.8, 4) is 0 Å². The Balaban J connectivity index is 1.30. The van der Waals surface area contributed by atoms with E-state index in [9.17, 15) is 5.11 Å². The summed E-state index contributed by atoms with van der Waals surface area (Å²) in [5, 5.41) is 10.3. The molecule has 0 bridgehead atoms. The summed E-state index contributed by atoms with van der Waals surface area (Å²) in [6.45, 7) is 14.8. The second kappa shape index (κ2) is 7.59. The van der Waals surface area contributed by atoms with E-state index in [1.807, 2.05) is 0 Å². The van der Waals surface area contributed by atoms with Crippen molar-refractivity contribution in [2.24, 2.45) is 46.3 Å². The molecule has 0 unspecified atom stereocenters. The zero-order valence-corrected chi connectivity index (χ0v) is 21.1. The van der Waals surface area contributed by atoms with Crippen molar-refractivity contribution in [1.29, 1.82) is 0 Å². The zero-order chi connectivity index (χ0) is 22.2. The number of hydrogen-bond acceptors (Lipinski definition) is 2. The van der Waals surface area contributed by atoms with E-state index in [2.05, 4.69) is 47.6 Å². The normalized spacial score (nSPS) is 52.2. The highest BCUT2D eigenvalue weighted by Crippen LogP contribution is 2.67. The number of epoxide rings is 1. The molecule has 1 saturated heterocycles. The van der Waals surface area contributed by atoms with Crippen LogP contribution in [0.3, 0.4) is 0 Å². The van der Waals surface area contributed by atoms with E-state index in [0.717, 1.165) is 42.4 Å². The predicted molar refractivity (Wildman–Crippen MR) is 128 cm³/mol. The lowest BCUT2D eigenvalue weighted by atomic mass is 9.47. The number of aliphatic hydroxyl groups excluding tert-OH is 1. The minimum atomic E-state index is -0.0891. The largest absolute Gasteiger partial charge is 0.393 e. The van der Waals surface area contributed by atoms with Crippen molar-refractivity contribution < 1.29 is 9.84 Å². The highest BCUT2D eigenvalue weighted by molar-refractivity contribution is 5.25. The summed E-state index contributed by atoms with van der Waals surface area (Å²) < 4.78 is 6.13. The van der Waals surface area contributed by atoms with E-state index < -0.39 is 0 Å². The summed E-state index contributed by atoms with van der Waals surface area (Å²) in [5.41, 5.74) is 2.69. The van der Waals surface area contributed by atoms with Gasteiger partial charge in [0.25, 0.3) is 0 Å². The van der Waals surface area contributed by atoms with Gasteiger partial charge in [0.15, 0.2) is 0 Å². The molecule has 4 aliphatic carbocycles. The lowest BCUT2D eigenvalue weighted by Crippen LogP contribution is -2.50. The van der Waals surface area contributed by atoms with Crippen molar-refractivity contribution in [1.82, 2.24) is 0 Å². The van der Waals surface area contributed by atoms with E-state index in [1.54, 1.807) is 5.57 Å². The Labute approximate surface area is 191 Å². The quantitative estimate of drug-likeness (QED) is 0.372. The minimum absolute atomic E-state index is 0.0891. The number of rotatable bonds is 5. The molecular weight excluding hydrogens is 380 g/mol. The van der Waals surface area contributed by atoms with Gasteiger partial charge in [0, 0.05) is 0 Å². The fraction of sp³-hybridized carbons (Fsp3) is 0.931. The molecule has 5 rings (SSSR count). The Morgan fingerprint density at radius 1 is 1.06 bits per heavy atom.